The van der Waals surface area contributed by atoms with Crippen molar-refractivity contribution in [1.29, 1.82) is 0 Å². The fourth-order valence-electron chi connectivity index (χ4n) is 2.95. The number of rotatable bonds is 6. The first-order valence-electron chi connectivity index (χ1n) is 9.63. The van der Waals surface area contributed by atoms with Crippen LogP contribution in [0.25, 0.3) is 11.3 Å². The first kappa shape index (κ1) is 27.3. The molecular weight excluding hydrogens is 488 g/mol. The highest BCUT2D eigenvalue weighted by molar-refractivity contribution is 5.97. The van der Waals surface area contributed by atoms with Crippen molar-refractivity contribution in [1.82, 2.24) is 15.3 Å². The maximum Gasteiger partial charge on any atom is 0.490 e. The van der Waals surface area contributed by atoms with Crippen LogP contribution in [0.2, 0.25) is 0 Å². The fraction of sp³-hybridized carbons (Fsp3) is 0.350. The Bertz CT molecular complexity index is 1170. The third-order valence-electron chi connectivity index (χ3n) is 4.58. The lowest BCUT2D eigenvalue weighted by atomic mass is 9.88. The summed E-state index contributed by atoms with van der Waals surface area (Å²) in [6, 6.07) is 1.91. The summed E-state index contributed by atoms with van der Waals surface area (Å²) < 4.78 is 83.9. The van der Waals surface area contributed by atoms with Crippen LogP contribution in [0.5, 0.6) is 0 Å². The van der Waals surface area contributed by atoms with Crippen molar-refractivity contribution in [2.45, 2.75) is 44.8 Å². The van der Waals surface area contributed by atoms with E-state index in [9.17, 15) is 40.7 Å². The molecule has 1 atom stereocenters. The summed E-state index contributed by atoms with van der Waals surface area (Å²) in [6.45, 7) is 4.68. The summed E-state index contributed by atoms with van der Waals surface area (Å²) in [5.41, 5.74) is 4.22. The van der Waals surface area contributed by atoms with Gasteiger partial charge in [0, 0.05) is 17.2 Å². The molecule has 0 spiro atoms. The SMILES string of the molecule is Cc1ccc(C(OC(=O)C(F)(F)F)(C(N)=O)C(F)(F)F)cc1-c1cnc(N)c(C(=O)NC(C)C)n1. The number of ether oxygens (including phenoxy) is 1. The molecule has 190 valence electrons. The zero-order valence-corrected chi connectivity index (χ0v) is 18.3. The van der Waals surface area contributed by atoms with Crippen LogP contribution in [-0.4, -0.2) is 46.1 Å². The second-order valence-electron chi connectivity index (χ2n) is 7.58. The molecular formula is C20H19F6N5O4. The van der Waals surface area contributed by atoms with Gasteiger partial charge in [-0.25, -0.2) is 14.8 Å². The van der Waals surface area contributed by atoms with Crippen molar-refractivity contribution in [2.24, 2.45) is 5.73 Å². The maximum absolute atomic E-state index is 14.0. The molecule has 0 aliphatic rings. The highest BCUT2D eigenvalue weighted by Gasteiger charge is 2.66. The lowest BCUT2D eigenvalue weighted by Crippen LogP contribution is -2.57. The summed E-state index contributed by atoms with van der Waals surface area (Å²) >= 11 is 0. The molecule has 15 heteroatoms. The number of nitrogens with zero attached hydrogens (tertiary/aromatic N) is 2. The standard InChI is InChI=1S/C20H19F6N5O4/c1-8(2)30-15(32)13-14(27)29-7-12(31-13)11-6-10(5-4-9(11)3)18(16(28)33,20(24,25)26)35-17(34)19(21,22)23/h4-8H,1-3H3,(H2,27,29)(H2,28,33)(H,30,32). The number of hydrogen-bond acceptors (Lipinski definition) is 7. The Morgan fingerprint density at radius 3 is 2.17 bits per heavy atom. The molecule has 1 heterocycles. The number of benzene rings is 1. The van der Waals surface area contributed by atoms with E-state index in [0.29, 0.717) is 12.1 Å². The Labute approximate surface area is 193 Å². The van der Waals surface area contributed by atoms with Gasteiger partial charge in [-0.1, -0.05) is 12.1 Å². The van der Waals surface area contributed by atoms with Crippen molar-refractivity contribution in [3.05, 3.63) is 41.2 Å². The zero-order chi connectivity index (χ0) is 26.9. The van der Waals surface area contributed by atoms with Gasteiger partial charge < -0.3 is 21.5 Å². The molecule has 2 aromatic rings. The Hall–Kier alpha value is -3.91. The van der Waals surface area contributed by atoms with Crippen molar-refractivity contribution < 1.29 is 45.5 Å². The third-order valence-corrected chi connectivity index (χ3v) is 4.58. The number of carbonyl (C=O) groups is 3. The van der Waals surface area contributed by atoms with Gasteiger partial charge in [0.25, 0.3) is 11.8 Å². The van der Waals surface area contributed by atoms with Crippen LogP contribution in [0.15, 0.2) is 24.4 Å². The van der Waals surface area contributed by atoms with Gasteiger partial charge in [0.15, 0.2) is 11.5 Å². The quantitative estimate of drug-likeness (QED) is 0.402. The van der Waals surface area contributed by atoms with Crippen molar-refractivity contribution >= 4 is 23.6 Å². The second-order valence-corrected chi connectivity index (χ2v) is 7.58. The lowest BCUT2D eigenvalue weighted by molar-refractivity contribution is -0.280. The number of amides is 2. The minimum absolute atomic E-state index is 0.188. The minimum Gasteiger partial charge on any atom is -0.427 e. The van der Waals surface area contributed by atoms with E-state index in [1.807, 2.05) is 0 Å². The number of alkyl halides is 6. The summed E-state index contributed by atoms with van der Waals surface area (Å²) in [5.74, 6) is -6.75. The van der Waals surface area contributed by atoms with Crippen molar-refractivity contribution in [3.63, 3.8) is 0 Å². The largest absolute Gasteiger partial charge is 0.490 e. The predicted octanol–water partition coefficient (Wildman–Crippen LogP) is 2.52. The van der Waals surface area contributed by atoms with E-state index < -0.39 is 41.3 Å². The van der Waals surface area contributed by atoms with E-state index in [4.69, 9.17) is 11.5 Å². The highest BCUT2D eigenvalue weighted by Crippen LogP contribution is 2.44. The number of hydrogen-bond donors (Lipinski definition) is 3. The van der Waals surface area contributed by atoms with Gasteiger partial charge in [-0.2, -0.15) is 26.3 Å². The monoisotopic (exact) mass is 507 g/mol. The predicted molar refractivity (Wildman–Crippen MR) is 108 cm³/mol. The van der Waals surface area contributed by atoms with Crippen LogP contribution in [0.1, 0.15) is 35.5 Å². The van der Waals surface area contributed by atoms with Crippen LogP contribution in [-0.2, 0) is 19.9 Å². The Balaban J connectivity index is 2.76. The highest BCUT2D eigenvalue weighted by atomic mass is 19.4. The molecule has 0 bridgehead atoms. The van der Waals surface area contributed by atoms with E-state index in [0.717, 1.165) is 12.3 Å². The van der Waals surface area contributed by atoms with Gasteiger partial charge in [-0.05, 0) is 32.4 Å². The minimum atomic E-state index is -5.89. The van der Waals surface area contributed by atoms with Gasteiger partial charge >= 0.3 is 23.9 Å². The number of aryl methyl sites for hydroxylation is 1. The van der Waals surface area contributed by atoms with Crippen LogP contribution in [0, 0.1) is 6.92 Å². The Morgan fingerprint density at radius 1 is 1.09 bits per heavy atom. The van der Waals surface area contributed by atoms with Crippen molar-refractivity contribution in [3.8, 4) is 11.3 Å². The average Bonchev–Trinajstić information content (AvgIpc) is 2.70. The van der Waals surface area contributed by atoms with E-state index in [-0.39, 0.29) is 34.4 Å². The van der Waals surface area contributed by atoms with Gasteiger partial charge in [-0.15, -0.1) is 0 Å². The number of nitrogens with one attached hydrogen (secondary N) is 1. The first-order chi connectivity index (χ1) is 15.9. The number of nitrogen functional groups attached to an aromatic ring is 1. The second kappa shape index (κ2) is 9.38. The normalized spacial score (nSPS) is 13.8. The molecule has 0 saturated heterocycles. The van der Waals surface area contributed by atoms with E-state index in [1.54, 1.807) is 13.8 Å². The van der Waals surface area contributed by atoms with Crippen LogP contribution < -0.4 is 16.8 Å². The van der Waals surface area contributed by atoms with Crippen LogP contribution >= 0.6 is 0 Å². The molecule has 9 nitrogen and oxygen atoms in total. The summed E-state index contributed by atoms with van der Waals surface area (Å²) in [7, 11) is 0. The lowest BCUT2D eigenvalue weighted by Gasteiger charge is -2.33. The maximum atomic E-state index is 14.0. The molecule has 2 rings (SSSR count). The Morgan fingerprint density at radius 2 is 1.69 bits per heavy atom. The zero-order valence-electron chi connectivity index (χ0n) is 18.3. The molecule has 1 aromatic heterocycles. The fourth-order valence-corrected chi connectivity index (χ4v) is 2.95. The summed E-state index contributed by atoms with van der Waals surface area (Å²) in [4.78, 5) is 43.4. The number of nitrogens with two attached hydrogens (primary N) is 2. The number of halogens is 6. The van der Waals surface area contributed by atoms with Crippen LogP contribution in [0.3, 0.4) is 0 Å². The third kappa shape index (κ3) is 5.44. The van der Waals surface area contributed by atoms with Crippen LogP contribution in [0.4, 0.5) is 32.2 Å². The number of anilines is 1. The molecule has 1 unspecified atom stereocenters. The van der Waals surface area contributed by atoms with Gasteiger partial charge in [0.05, 0.1) is 11.9 Å². The molecule has 2 amide bonds. The molecule has 0 aliphatic heterocycles. The summed E-state index contributed by atoms with van der Waals surface area (Å²) in [5, 5.41) is 2.50. The van der Waals surface area contributed by atoms with E-state index >= 15 is 0 Å². The van der Waals surface area contributed by atoms with E-state index in [1.165, 1.54) is 6.92 Å². The molecule has 0 fully saturated rings. The molecule has 0 saturated carbocycles. The molecule has 1 aromatic carbocycles. The first-order valence-corrected chi connectivity index (χ1v) is 9.63. The number of esters is 1. The molecule has 0 radical (unpaired) electrons. The van der Waals surface area contributed by atoms with Gasteiger partial charge in [0.2, 0.25) is 0 Å². The average molecular weight is 507 g/mol. The van der Waals surface area contributed by atoms with Crippen molar-refractivity contribution in [2.75, 3.05) is 5.73 Å². The smallest absolute Gasteiger partial charge is 0.427 e. The molecule has 35 heavy (non-hydrogen) atoms. The Kier molecular flexibility index (Phi) is 7.33. The summed E-state index contributed by atoms with van der Waals surface area (Å²) in [6.07, 6.45) is -10.8. The van der Waals surface area contributed by atoms with E-state index in [2.05, 4.69) is 20.0 Å². The number of aromatic nitrogens is 2. The topological polar surface area (TPSA) is 150 Å². The number of carbonyl (C=O) groups excluding carboxylic acids is 3. The van der Waals surface area contributed by atoms with Gasteiger partial charge in [-0.3, -0.25) is 9.59 Å². The number of primary amides is 1. The molecule has 0 aliphatic carbocycles. The van der Waals surface area contributed by atoms with Gasteiger partial charge in [0.1, 0.15) is 0 Å². The molecule has 5 N–H and O–H groups in total.